The summed E-state index contributed by atoms with van der Waals surface area (Å²) in [6.07, 6.45) is 7.12. The van der Waals surface area contributed by atoms with Crippen molar-refractivity contribution in [3.63, 3.8) is 0 Å². The van der Waals surface area contributed by atoms with E-state index in [1.165, 1.54) is 32.1 Å². The molecule has 0 aliphatic carbocycles. The first-order chi connectivity index (χ1) is 10.2. The third-order valence-corrected chi connectivity index (χ3v) is 5.27. The Hall–Kier alpha value is -0.610. The van der Waals surface area contributed by atoms with Crippen molar-refractivity contribution in [2.75, 3.05) is 26.2 Å². The van der Waals surface area contributed by atoms with Crippen LogP contribution in [0, 0.1) is 0 Å². The summed E-state index contributed by atoms with van der Waals surface area (Å²) in [5.41, 5.74) is 0. The molecule has 1 N–H and O–H groups in total. The van der Waals surface area contributed by atoms with Crippen LogP contribution >= 0.6 is 0 Å². The van der Waals surface area contributed by atoms with Gasteiger partial charge in [0.1, 0.15) is 0 Å². The number of fused-ring (bicyclic) bond motifs is 2. The molecule has 1 amide bonds. The van der Waals surface area contributed by atoms with Crippen molar-refractivity contribution in [1.29, 1.82) is 0 Å². The first-order valence-corrected chi connectivity index (χ1v) is 8.96. The molecule has 21 heavy (non-hydrogen) atoms. The molecular weight excluding hydrogens is 262 g/mol. The minimum Gasteiger partial charge on any atom is -0.343 e. The average Bonchev–Trinajstić information content (AvgIpc) is 2.73. The normalized spacial score (nSPS) is 28.8. The fourth-order valence-electron chi connectivity index (χ4n) is 4.11. The monoisotopic (exact) mass is 295 g/mol. The lowest BCUT2D eigenvalue weighted by Gasteiger charge is -2.39. The van der Waals surface area contributed by atoms with Gasteiger partial charge in [-0.05, 0) is 52.5 Å². The molecule has 2 saturated heterocycles. The van der Waals surface area contributed by atoms with Crippen LogP contribution in [0.2, 0.25) is 0 Å². The van der Waals surface area contributed by atoms with E-state index in [1.807, 2.05) is 4.90 Å². The Morgan fingerprint density at radius 2 is 1.76 bits per heavy atom. The second-order valence-electron chi connectivity index (χ2n) is 6.56. The number of rotatable bonds is 8. The van der Waals surface area contributed by atoms with E-state index in [1.54, 1.807) is 0 Å². The third-order valence-electron chi connectivity index (χ3n) is 5.27. The summed E-state index contributed by atoms with van der Waals surface area (Å²) in [7, 11) is 0. The second kappa shape index (κ2) is 8.14. The molecule has 2 aliphatic heterocycles. The number of piperidine rings is 1. The van der Waals surface area contributed by atoms with Gasteiger partial charge in [-0.1, -0.05) is 6.92 Å². The van der Waals surface area contributed by atoms with E-state index in [-0.39, 0.29) is 0 Å². The summed E-state index contributed by atoms with van der Waals surface area (Å²) in [4.78, 5) is 16.8. The van der Waals surface area contributed by atoms with Crippen LogP contribution in [0.5, 0.6) is 0 Å². The van der Waals surface area contributed by atoms with E-state index in [0.717, 1.165) is 26.2 Å². The SMILES string of the molecule is CCCNC1CC2CCC(C1)N2CCC(=O)N(CC)CC. The van der Waals surface area contributed by atoms with Crippen LogP contribution in [0.15, 0.2) is 0 Å². The standard InChI is InChI=1S/C17H33N3O/c1-4-10-18-14-12-15-7-8-16(13-14)20(15)11-9-17(21)19(5-2)6-3/h14-16,18H,4-13H2,1-3H3. The second-order valence-corrected chi connectivity index (χ2v) is 6.56. The highest BCUT2D eigenvalue weighted by Gasteiger charge is 2.40. The summed E-state index contributed by atoms with van der Waals surface area (Å²) < 4.78 is 0. The molecule has 2 unspecified atom stereocenters. The summed E-state index contributed by atoms with van der Waals surface area (Å²) in [6.45, 7) is 10.1. The zero-order chi connectivity index (χ0) is 15.2. The average molecular weight is 295 g/mol. The first-order valence-electron chi connectivity index (χ1n) is 8.96. The van der Waals surface area contributed by atoms with Crippen LogP contribution in [0.25, 0.3) is 0 Å². The molecule has 0 spiro atoms. The lowest BCUT2D eigenvalue weighted by molar-refractivity contribution is -0.131. The van der Waals surface area contributed by atoms with E-state index in [4.69, 9.17) is 0 Å². The molecule has 0 radical (unpaired) electrons. The van der Waals surface area contributed by atoms with Crippen LogP contribution in [-0.2, 0) is 4.79 Å². The lowest BCUT2D eigenvalue weighted by Crippen LogP contribution is -2.50. The van der Waals surface area contributed by atoms with Crippen molar-refractivity contribution in [2.24, 2.45) is 0 Å². The highest BCUT2D eigenvalue weighted by Crippen LogP contribution is 2.35. The zero-order valence-electron chi connectivity index (χ0n) is 14.1. The maximum absolute atomic E-state index is 12.2. The van der Waals surface area contributed by atoms with Crippen molar-refractivity contribution in [3.05, 3.63) is 0 Å². The molecule has 2 atom stereocenters. The predicted molar refractivity (Wildman–Crippen MR) is 87.4 cm³/mol. The van der Waals surface area contributed by atoms with Gasteiger partial charge in [0.2, 0.25) is 5.91 Å². The number of carbonyl (C=O) groups is 1. The molecule has 4 heteroatoms. The fraction of sp³-hybridized carbons (Fsp3) is 0.941. The van der Waals surface area contributed by atoms with E-state index in [2.05, 4.69) is 31.0 Å². The van der Waals surface area contributed by atoms with Crippen LogP contribution in [-0.4, -0.2) is 60.0 Å². The molecule has 0 aromatic carbocycles. The van der Waals surface area contributed by atoms with Crippen LogP contribution in [0.3, 0.4) is 0 Å². The minimum atomic E-state index is 0.325. The molecule has 2 aliphatic rings. The molecule has 2 heterocycles. The van der Waals surface area contributed by atoms with Gasteiger partial charge < -0.3 is 10.2 Å². The van der Waals surface area contributed by atoms with E-state index in [9.17, 15) is 4.79 Å². The van der Waals surface area contributed by atoms with Gasteiger partial charge in [-0.3, -0.25) is 9.69 Å². The van der Waals surface area contributed by atoms with Gasteiger partial charge in [0, 0.05) is 44.2 Å². The predicted octanol–water partition coefficient (Wildman–Crippen LogP) is 2.24. The number of nitrogens with one attached hydrogen (secondary N) is 1. The van der Waals surface area contributed by atoms with Gasteiger partial charge in [-0.15, -0.1) is 0 Å². The third kappa shape index (κ3) is 4.19. The highest BCUT2D eigenvalue weighted by atomic mass is 16.2. The largest absolute Gasteiger partial charge is 0.343 e. The number of hydrogen-bond acceptors (Lipinski definition) is 3. The van der Waals surface area contributed by atoms with Crippen molar-refractivity contribution in [2.45, 2.75) is 77.4 Å². The Labute approximate surface area is 130 Å². The van der Waals surface area contributed by atoms with Gasteiger partial charge in [0.05, 0.1) is 0 Å². The lowest BCUT2D eigenvalue weighted by atomic mass is 9.97. The van der Waals surface area contributed by atoms with Gasteiger partial charge >= 0.3 is 0 Å². The topological polar surface area (TPSA) is 35.6 Å². The molecule has 0 aromatic rings. The molecular formula is C17H33N3O. The molecule has 122 valence electrons. The molecule has 2 fully saturated rings. The van der Waals surface area contributed by atoms with Crippen molar-refractivity contribution in [1.82, 2.24) is 15.1 Å². The van der Waals surface area contributed by atoms with Gasteiger partial charge in [-0.25, -0.2) is 0 Å². The van der Waals surface area contributed by atoms with Crippen LogP contribution in [0.4, 0.5) is 0 Å². The minimum absolute atomic E-state index is 0.325. The van der Waals surface area contributed by atoms with Crippen LogP contribution in [0.1, 0.15) is 59.3 Å². The quantitative estimate of drug-likeness (QED) is 0.746. The summed E-state index contributed by atoms with van der Waals surface area (Å²) in [5.74, 6) is 0.325. The van der Waals surface area contributed by atoms with Crippen LogP contribution < -0.4 is 5.32 Å². The van der Waals surface area contributed by atoms with Crippen molar-refractivity contribution < 1.29 is 4.79 Å². The number of carbonyl (C=O) groups excluding carboxylic acids is 1. The Morgan fingerprint density at radius 3 is 2.29 bits per heavy atom. The summed E-state index contributed by atoms with van der Waals surface area (Å²) in [5, 5.41) is 3.69. The fourth-order valence-corrected chi connectivity index (χ4v) is 4.11. The maximum Gasteiger partial charge on any atom is 0.223 e. The molecule has 0 aromatic heterocycles. The van der Waals surface area contributed by atoms with Gasteiger partial charge in [0.25, 0.3) is 0 Å². The highest BCUT2D eigenvalue weighted by molar-refractivity contribution is 5.76. The van der Waals surface area contributed by atoms with Gasteiger partial charge in [0.15, 0.2) is 0 Å². The molecule has 4 nitrogen and oxygen atoms in total. The maximum atomic E-state index is 12.2. The number of nitrogens with zero attached hydrogens (tertiary/aromatic N) is 2. The Morgan fingerprint density at radius 1 is 1.14 bits per heavy atom. The summed E-state index contributed by atoms with van der Waals surface area (Å²) in [6, 6.07) is 2.13. The zero-order valence-corrected chi connectivity index (χ0v) is 14.1. The smallest absolute Gasteiger partial charge is 0.223 e. The van der Waals surface area contributed by atoms with E-state index in [0.29, 0.717) is 30.5 Å². The Bertz CT molecular complexity index is 316. The van der Waals surface area contributed by atoms with Gasteiger partial charge in [-0.2, -0.15) is 0 Å². The molecule has 0 saturated carbocycles. The summed E-state index contributed by atoms with van der Waals surface area (Å²) >= 11 is 0. The van der Waals surface area contributed by atoms with Crippen molar-refractivity contribution >= 4 is 5.91 Å². The Kier molecular flexibility index (Phi) is 6.49. The first kappa shape index (κ1) is 16.8. The number of amides is 1. The Balaban J connectivity index is 1.79. The van der Waals surface area contributed by atoms with E-state index >= 15 is 0 Å². The van der Waals surface area contributed by atoms with Crippen molar-refractivity contribution in [3.8, 4) is 0 Å². The van der Waals surface area contributed by atoms with E-state index < -0.39 is 0 Å². The number of hydrogen-bond donors (Lipinski definition) is 1. The molecule has 2 rings (SSSR count). The molecule has 2 bridgehead atoms.